The van der Waals surface area contributed by atoms with Crippen LogP contribution in [0.3, 0.4) is 0 Å². The first-order valence-electron chi connectivity index (χ1n) is 9.32. The Kier molecular flexibility index (Phi) is 6.14. The Morgan fingerprint density at radius 3 is 2.03 bits per heavy atom. The largest absolute Gasteiger partial charge is 0.322 e. The topological polar surface area (TPSA) is 101 Å². The predicted molar refractivity (Wildman–Crippen MR) is 115 cm³/mol. The van der Waals surface area contributed by atoms with E-state index in [0.29, 0.717) is 34.4 Å². The van der Waals surface area contributed by atoms with Crippen molar-refractivity contribution in [2.75, 3.05) is 5.32 Å². The van der Waals surface area contributed by atoms with E-state index in [2.05, 4.69) is 5.32 Å². The summed E-state index contributed by atoms with van der Waals surface area (Å²) in [5, 5.41) is 2.76. The minimum absolute atomic E-state index is 0.0752. The molecule has 154 valence electrons. The second kappa shape index (κ2) is 8.61. The lowest BCUT2D eigenvalue weighted by Crippen LogP contribution is -2.12. The second-order valence-electron chi connectivity index (χ2n) is 6.82. The van der Waals surface area contributed by atoms with Gasteiger partial charge in [-0.3, -0.25) is 14.1 Å². The van der Waals surface area contributed by atoms with Gasteiger partial charge in [0.05, 0.1) is 0 Å². The van der Waals surface area contributed by atoms with Crippen LogP contribution in [0.5, 0.6) is 0 Å². The fourth-order valence-corrected chi connectivity index (χ4v) is 3.80. The van der Waals surface area contributed by atoms with Gasteiger partial charge in [0.25, 0.3) is 16.0 Å². The number of hydrogen-bond acceptors (Lipinski definition) is 4. The number of Topliss-reactive ketones (excluding diaryl/α,β-unsaturated/α-hetero) is 1. The van der Waals surface area contributed by atoms with Gasteiger partial charge in [-0.05, 0) is 54.8 Å². The van der Waals surface area contributed by atoms with E-state index in [0.717, 1.165) is 5.56 Å². The smallest absolute Gasteiger partial charge is 0.295 e. The van der Waals surface area contributed by atoms with E-state index in [1.807, 2.05) is 13.0 Å². The van der Waals surface area contributed by atoms with E-state index >= 15 is 0 Å². The lowest BCUT2D eigenvalue weighted by Gasteiger charge is -2.11. The summed E-state index contributed by atoms with van der Waals surface area (Å²) in [7, 11) is -4.38. The first-order chi connectivity index (χ1) is 14.2. The number of amides is 1. The third kappa shape index (κ3) is 4.82. The minimum Gasteiger partial charge on any atom is -0.322 e. The summed E-state index contributed by atoms with van der Waals surface area (Å²) in [5.74, 6) is -0.405. The number of rotatable bonds is 6. The van der Waals surface area contributed by atoms with Gasteiger partial charge < -0.3 is 5.32 Å². The molecule has 2 N–H and O–H groups in total. The van der Waals surface area contributed by atoms with E-state index in [-0.39, 0.29) is 16.6 Å². The van der Waals surface area contributed by atoms with Crippen LogP contribution in [0, 0.1) is 0 Å². The number of nitrogens with one attached hydrogen (secondary N) is 1. The molecule has 0 saturated carbocycles. The summed E-state index contributed by atoms with van der Waals surface area (Å²) in [6.45, 7) is 3.35. The molecule has 0 radical (unpaired) electrons. The molecule has 6 nitrogen and oxygen atoms in total. The predicted octanol–water partition coefficient (Wildman–Crippen LogP) is 4.62. The van der Waals surface area contributed by atoms with Crippen LogP contribution in [-0.2, 0) is 16.5 Å². The Morgan fingerprint density at radius 2 is 1.50 bits per heavy atom. The summed E-state index contributed by atoms with van der Waals surface area (Å²) < 4.78 is 33.2. The average Bonchev–Trinajstić information content (AvgIpc) is 2.73. The summed E-state index contributed by atoms with van der Waals surface area (Å²) >= 11 is 0. The van der Waals surface area contributed by atoms with Crippen LogP contribution in [0.1, 0.15) is 40.1 Å². The third-order valence-electron chi connectivity index (χ3n) is 4.74. The van der Waals surface area contributed by atoms with Gasteiger partial charge in [-0.1, -0.05) is 43.3 Å². The van der Waals surface area contributed by atoms with Crippen molar-refractivity contribution >= 4 is 27.5 Å². The molecular formula is C23H21NO5S. The van der Waals surface area contributed by atoms with Gasteiger partial charge >= 0.3 is 0 Å². The lowest BCUT2D eigenvalue weighted by atomic mass is 10.0. The van der Waals surface area contributed by atoms with E-state index in [4.69, 9.17) is 0 Å². The molecular weight excluding hydrogens is 402 g/mol. The molecule has 0 aliphatic carbocycles. The minimum atomic E-state index is -4.38. The number of carbonyl (C=O) groups is 2. The number of carbonyl (C=O) groups excluding carboxylic acids is 2. The lowest BCUT2D eigenvalue weighted by molar-refractivity contribution is 0.101. The second-order valence-corrected chi connectivity index (χ2v) is 8.21. The van der Waals surface area contributed by atoms with Crippen molar-refractivity contribution in [1.82, 2.24) is 0 Å². The highest BCUT2D eigenvalue weighted by Gasteiger charge is 2.17. The molecule has 1 amide bonds. The summed E-state index contributed by atoms with van der Waals surface area (Å²) in [4.78, 5) is 23.6. The number of anilines is 1. The summed E-state index contributed by atoms with van der Waals surface area (Å²) in [6.07, 6.45) is 0.640. The average molecular weight is 423 g/mol. The van der Waals surface area contributed by atoms with Crippen LogP contribution in [0.25, 0.3) is 11.1 Å². The first-order valence-corrected chi connectivity index (χ1v) is 10.8. The maximum Gasteiger partial charge on any atom is 0.295 e. The number of hydrogen-bond donors (Lipinski definition) is 2. The van der Waals surface area contributed by atoms with Gasteiger partial charge in [-0.25, -0.2) is 0 Å². The van der Waals surface area contributed by atoms with Crippen molar-refractivity contribution in [3.63, 3.8) is 0 Å². The molecule has 0 unspecified atom stereocenters. The van der Waals surface area contributed by atoms with Gasteiger partial charge in [-0.2, -0.15) is 8.42 Å². The molecule has 0 bridgehead atoms. The summed E-state index contributed by atoms with van der Waals surface area (Å²) in [5.41, 5.74) is 3.23. The summed E-state index contributed by atoms with van der Waals surface area (Å²) in [6, 6.07) is 17.9. The zero-order chi connectivity index (χ0) is 21.9. The van der Waals surface area contributed by atoms with Crippen molar-refractivity contribution in [2.24, 2.45) is 0 Å². The normalized spacial score (nSPS) is 11.2. The molecule has 30 heavy (non-hydrogen) atoms. The zero-order valence-electron chi connectivity index (χ0n) is 16.5. The molecule has 0 aliphatic heterocycles. The monoisotopic (exact) mass is 423 g/mol. The SMILES string of the molecule is CCc1ccc(-c2ccc(NC(=O)c3ccc(C(C)=O)cc3)cc2)c(S(=O)(=O)O)c1. The molecule has 0 spiro atoms. The third-order valence-corrected chi connectivity index (χ3v) is 5.63. The molecule has 3 aromatic carbocycles. The highest BCUT2D eigenvalue weighted by atomic mass is 32.2. The molecule has 0 aliphatic rings. The van der Waals surface area contributed by atoms with Gasteiger partial charge in [-0.15, -0.1) is 0 Å². The molecule has 3 aromatic rings. The molecule has 0 atom stereocenters. The van der Waals surface area contributed by atoms with Crippen LogP contribution in [0.15, 0.2) is 71.6 Å². The van der Waals surface area contributed by atoms with Crippen LogP contribution in [0.2, 0.25) is 0 Å². The molecule has 0 aromatic heterocycles. The van der Waals surface area contributed by atoms with E-state index in [1.165, 1.54) is 13.0 Å². The van der Waals surface area contributed by atoms with Gasteiger partial charge in [0.1, 0.15) is 4.90 Å². The Bertz CT molecular complexity index is 1200. The van der Waals surface area contributed by atoms with Gasteiger partial charge in [0, 0.05) is 22.4 Å². The van der Waals surface area contributed by atoms with Crippen LogP contribution in [-0.4, -0.2) is 24.7 Å². The Morgan fingerprint density at radius 1 is 0.900 bits per heavy atom. The highest BCUT2D eigenvalue weighted by Crippen LogP contribution is 2.29. The Labute approximate surface area is 175 Å². The maximum absolute atomic E-state index is 12.4. The number of aryl methyl sites for hydroxylation is 1. The first kappa shape index (κ1) is 21.4. The standard InChI is InChI=1S/C23H21NO5S/c1-3-16-4-13-21(22(14-16)30(27,28)29)18-9-11-20(12-10-18)24-23(26)19-7-5-17(6-8-19)15(2)25/h4-14H,3H2,1-2H3,(H,24,26)(H,27,28,29). The van der Waals surface area contributed by atoms with Crippen molar-refractivity contribution in [3.05, 3.63) is 83.4 Å². The molecule has 0 heterocycles. The number of ketones is 1. The van der Waals surface area contributed by atoms with Crippen molar-refractivity contribution in [3.8, 4) is 11.1 Å². The van der Waals surface area contributed by atoms with Crippen LogP contribution < -0.4 is 5.32 Å². The quantitative estimate of drug-likeness (QED) is 0.445. The van der Waals surface area contributed by atoms with Crippen molar-refractivity contribution in [2.45, 2.75) is 25.2 Å². The Balaban J connectivity index is 1.83. The van der Waals surface area contributed by atoms with Crippen molar-refractivity contribution < 1.29 is 22.6 Å². The van der Waals surface area contributed by atoms with Crippen LogP contribution in [0.4, 0.5) is 5.69 Å². The molecule has 3 rings (SSSR count). The zero-order valence-corrected chi connectivity index (χ0v) is 17.4. The van der Waals surface area contributed by atoms with Gasteiger partial charge in [0.15, 0.2) is 5.78 Å². The van der Waals surface area contributed by atoms with E-state index in [1.54, 1.807) is 54.6 Å². The fourth-order valence-electron chi connectivity index (χ4n) is 3.03. The highest BCUT2D eigenvalue weighted by molar-refractivity contribution is 7.86. The Hall–Kier alpha value is -3.29. The van der Waals surface area contributed by atoms with Gasteiger partial charge in [0.2, 0.25) is 0 Å². The van der Waals surface area contributed by atoms with E-state index < -0.39 is 10.1 Å². The fraction of sp³-hybridized carbons (Fsp3) is 0.130. The molecule has 7 heteroatoms. The van der Waals surface area contributed by atoms with Crippen LogP contribution >= 0.6 is 0 Å². The maximum atomic E-state index is 12.4. The molecule has 0 fully saturated rings. The van der Waals surface area contributed by atoms with E-state index in [9.17, 15) is 22.6 Å². The van der Waals surface area contributed by atoms with Crippen molar-refractivity contribution in [1.29, 1.82) is 0 Å². The molecule has 0 saturated heterocycles. The number of benzene rings is 3.